The molecule has 3 aromatic rings. The van der Waals surface area contributed by atoms with Gasteiger partial charge in [-0.25, -0.2) is 8.42 Å². The number of benzene rings is 3. The van der Waals surface area contributed by atoms with Gasteiger partial charge < -0.3 is 14.8 Å². The predicted octanol–water partition coefficient (Wildman–Crippen LogP) is 4.13. The third-order valence-corrected chi connectivity index (χ3v) is 6.34. The van der Waals surface area contributed by atoms with Crippen LogP contribution < -0.4 is 19.5 Å². The lowest BCUT2D eigenvalue weighted by molar-refractivity contribution is 0.102. The highest BCUT2D eigenvalue weighted by Crippen LogP contribution is 2.31. The van der Waals surface area contributed by atoms with Gasteiger partial charge in [-0.3, -0.25) is 9.52 Å². The lowest BCUT2D eigenvalue weighted by Crippen LogP contribution is -2.17. The average Bonchev–Trinajstić information content (AvgIpc) is 2.75. The van der Waals surface area contributed by atoms with Crippen molar-refractivity contribution >= 4 is 27.3 Å². The topological polar surface area (TPSA) is 93.7 Å². The number of hydrogen-bond acceptors (Lipinski definition) is 5. The van der Waals surface area contributed by atoms with Gasteiger partial charge in [-0.15, -0.1) is 0 Å². The predicted molar refractivity (Wildman–Crippen MR) is 119 cm³/mol. The Labute approximate surface area is 181 Å². The van der Waals surface area contributed by atoms with E-state index in [1.807, 2.05) is 13.8 Å². The number of aryl methyl sites for hydroxylation is 2. The molecule has 31 heavy (non-hydrogen) atoms. The molecule has 1 heterocycles. The van der Waals surface area contributed by atoms with Crippen molar-refractivity contribution in [3.05, 3.63) is 77.4 Å². The van der Waals surface area contributed by atoms with E-state index in [9.17, 15) is 13.2 Å². The number of sulfonamides is 1. The molecule has 4 rings (SSSR count). The van der Waals surface area contributed by atoms with Crippen LogP contribution in [0.3, 0.4) is 0 Å². The number of ether oxygens (including phenoxy) is 2. The molecule has 0 saturated carbocycles. The maximum atomic E-state index is 12.7. The lowest BCUT2D eigenvalue weighted by atomic mass is 10.1. The number of nitrogens with one attached hydrogen (secondary N) is 2. The normalized spacial score (nSPS) is 12.8. The van der Waals surface area contributed by atoms with Gasteiger partial charge in [0.15, 0.2) is 11.5 Å². The monoisotopic (exact) mass is 438 g/mol. The van der Waals surface area contributed by atoms with Gasteiger partial charge in [-0.2, -0.15) is 0 Å². The smallest absolute Gasteiger partial charge is 0.261 e. The van der Waals surface area contributed by atoms with Gasteiger partial charge in [0.05, 0.1) is 10.6 Å². The molecule has 0 unspecified atom stereocenters. The van der Waals surface area contributed by atoms with Crippen LogP contribution in [0, 0.1) is 13.8 Å². The van der Waals surface area contributed by atoms with Crippen molar-refractivity contribution in [2.75, 3.05) is 23.3 Å². The van der Waals surface area contributed by atoms with Crippen LogP contribution in [0.25, 0.3) is 0 Å². The van der Waals surface area contributed by atoms with Crippen LogP contribution >= 0.6 is 0 Å². The number of rotatable bonds is 5. The molecule has 1 aliphatic rings. The second-order valence-electron chi connectivity index (χ2n) is 7.24. The van der Waals surface area contributed by atoms with Crippen molar-refractivity contribution in [2.45, 2.75) is 18.7 Å². The Bertz CT molecular complexity index is 1250. The highest BCUT2D eigenvalue weighted by Gasteiger charge is 2.17. The lowest BCUT2D eigenvalue weighted by Gasteiger charge is -2.18. The highest BCUT2D eigenvalue weighted by molar-refractivity contribution is 7.92. The Balaban J connectivity index is 1.50. The van der Waals surface area contributed by atoms with Crippen molar-refractivity contribution in [1.29, 1.82) is 0 Å². The van der Waals surface area contributed by atoms with Crippen LogP contribution in [-0.4, -0.2) is 27.5 Å². The van der Waals surface area contributed by atoms with E-state index < -0.39 is 10.0 Å². The van der Waals surface area contributed by atoms with Crippen LogP contribution in [0.5, 0.6) is 11.5 Å². The first-order valence-electron chi connectivity index (χ1n) is 9.73. The van der Waals surface area contributed by atoms with Crippen LogP contribution in [0.4, 0.5) is 11.4 Å². The van der Waals surface area contributed by atoms with E-state index in [2.05, 4.69) is 10.0 Å². The molecule has 0 saturated heterocycles. The standard InChI is InChI=1S/C23H22N2O5S/c1-15-6-8-20(12-16(15)2)31(27,28)25-19-5-3-4-18(14-19)24-23(26)17-7-9-21-22(13-17)30-11-10-29-21/h3-9,12-14,25H,10-11H2,1-2H3,(H,24,26). The molecule has 0 radical (unpaired) electrons. The van der Waals surface area contributed by atoms with Crippen LogP contribution in [0.15, 0.2) is 65.6 Å². The summed E-state index contributed by atoms with van der Waals surface area (Å²) in [5, 5.41) is 2.78. The third kappa shape index (κ3) is 4.64. The zero-order chi connectivity index (χ0) is 22.0. The maximum absolute atomic E-state index is 12.7. The molecule has 1 aliphatic heterocycles. The van der Waals surface area contributed by atoms with Crippen molar-refractivity contribution in [3.63, 3.8) is 0 Å². The summed E-state index contributed by atoms with van der Waals surface area (Å²) >= 11 is 0. The Morgan fingerprint density at radius 3 is 2.35 bits per heavy atom. The second kappa shape index (κ2) is 8.31. The van der Waals surface area contributed by atoms with E-state index in [4.69, 9.17) is 9.47 Å². The summed E-state index contributed by atoms with van der Waals surface area (Å²) in [6.07, 6.45) is 0. The van der Waals surface area contributed by atoms with Crippen molar-refractivity contribution in [2.24, 2.45) is 0 Å². The van der Waals surface area contributed by atoms with Crippen molar-refractivity contribution < 1.29 is 22.7 Å². The van der Waals surface area contributed by atoms with Gasteiger partial charge in [0.2, 0.25) is 0 Å². The first-order valence-corrected chi connectivity index (χ1v) is 11.2. The van der Waals surface area contributed by atoms with E-state index in [1.54, 1.807) is 60.7 Å². The van der Waals surface area contributed by atoms with E-state index >= 15 is 0 Å². The van der Waals surface area contributed by atoms with Crippen LogP contribution in [-0.2, 0) is 10.0 Å². The SMILES string of the molecule is Cc1ccc(S(=O)(=O)Nc2cccc(NC(=O)c3ccc4c(c3)OCCO4)c2)cc1C. The van der Waals surface area contributed by atoms with Crippen LogP contribution in [0.1, 0.15) is 21.5 Å². The molecule has 0 atom stereocenters. The molecule has 2 N–H and O–H groups in total. The largest absolute Gasteiger partial charge is 0.486 e. The molecule has 0 aromatic heterocycles. The summed E-state index contributed by atoms with van der Waals surface area (Å²) in [5.41, 5.74) is 3.12. The number of carbonyl (C=O) groups excluding carboxylic acids is 1. The van der Waals surface area contributed by atoms with Gasteiger partial charge >= 0.3 is 0 Å². The summed E-state index contributed by atoms with van der Waals surface area (Å²) in [6.45, 7) is 4.69. The number of carbonyl (C=O) groups is 1. The molecule has 0 aliphatic carbocycles. The fourth-order valence-electron chi connectivity index (χ4n) is 3.14. The molecule has 3 aromatic carbocycles. The molecular weight excluding hydrogens is 416 g/mol. The van der Waals surface area contributed by atoms with Crippen molar-refractivity contribution in [3.8, 4) is 11.5 Å². The van der Waals surface area contributed by atoms with E-state index in [1.165, 1.54) is 0 Å². The van der Waals surface area contributed by atoms with Gasteiger partial charge in [0.25, 0.3) is 15.9 Å². The van der Waals surface area contributed by atoms with Gasteiger partial charge in [0.1, 0.15) is 13.2 Å². The molecule has 160 valence electrons. The molecule has 8 heteroatoms. The summed E-state index contributed by atoms with van der Waals surface area (Å²) in [7, 11) is -3.75. The van der Waals surface area contributed by atoms with E-state index in [-0.39, 0.29) is 10.8 Å². The summed E-state index contributed by atoms with van der Waals surface area (Å²) < 4.78 is 39.0. The fourth-order valence-corrected chi connectivity index (χ4v) is 4.28. The minimum Gasteiger partial charge on any atom is -0.486 e. The summed E-state index contributed by atoms with van der Waals surface area (Å²) in [4.78, 5) is 12.8. The first kappa shape index (κ1) is 20.7. The molecule has 1 amide bonds. The molecule has 0 bridgehead atoms. The average molecular weight is 439 g/mol. The number of fused-ring (bicyclic) bond motifs is 1. The Kier molecular flexibility index (Phi) is 5.56. The summed E-state index contributed by atoms with van der Waals surface area (Å²) in [6, 6.07) is 16.5. The first-order chi connectivity index (χ1) is 14.8. The van der Waals surface area contributed by atoms with Crippen molar-refractivity contribution in [1.82, 2.24) is 0 Å². The highest BCUT2D eigenvalue weighted by atomic mass is 32.2. The Morgan fingerprint density at radius 2 is 1.58 bits per heavy atom. The van der Waals surface area contributed by atoms with Gasteiger partial charge in [-0.1, -0.05) is 12.1 Å². The second-order valence-corrected chi connectivity index (χ2v) is 8.93. The van der Waals surface area contributed by atoms with Gasteiger partial charge in [-0.05, 0) is 73.5 Å². The van der Waals surface area contributed by atoms with Gasteiger partial charge in [0, 0.05) is 11.3 Å². The quantitative estimate of drug-likeness (QED) is 0.625. The minimum atomic E-state index is -3.75. The maximum Gasteiger partial charge on any atom is 0.261 e. The zero-order valence-electron chi connectivity index (χ0n) is 17.1. The fraction of sp³-hybridized carbons (Fsp3) is 0.174. The summed E-state index contributed by atoms with van der Waals surface area (Å²) in [5.74, 6) is 0.783. The Morgan fingerprint density at radius 1 is 0.839 bits per heavy atom. The molecular formula is C23H22N2O5S. The molecule has 0 fully saturated rings. The zero-order valence-corrected chi connectivity index (χ0v) is 18.0. The minimum absolute atomic E-state index is 0.182. The van der Waals surface area contributed by atoms with E-state index in [0.29, 0.717) is 41.7 Å². The molecule has 7 nitrogen and oxygen atoms in total. The number of amides is 1. The van der Waals surface area contributed by atoms with Crippen LogP contribution in [0.2, 0.25) is 0 Å². The number of hydrogen-bond donors (Lipinski definition) is 2. The molecule has 0 spiro atoms. The Hall–Kier alpha value is -3.52. The number of anilines is 2. The van der Waals surface area contributed by atoms with E-state index in [0.717, 1.165) is 11.1 Å². The third-order valence-electron chi connectivity index (χ3n) is 4.97.